The van der Waals surface area contributed by atoms with Gasteiger partial charge in [0.15, 0.2) is 0 Å². The van der Waals surface area contributed by atoms with E-state index in [4.69, 9.17) is 28.4 Å². The van der Waals surface area contributed by atoms with Gasteiger partial charge < -0.3 is 33.5 Å². The van der Waals surface area contributed by atoms with Crippen LogP contribution in [0.5, 0.6) is 5.75 Å². The number of aliphatic hydroxyl groups is 1. The number of ether oxygens (including phenoxy) is 6. The number of hydrogen-bond acceptors (Lipinski definition) is 12. The smallest absolute Gasteiger partial charge is 0.343 e. The summed E-state index contributed by atoms with van der Waals surface area (Å²) < 4.78 is 31.5. The van der Waals surface area contributed by atoms with Crippen LogP contribution in [-0.4, -0.2) is 76.1 Å². The van der Waals surface area contributed by atoms with Gasteiger partial charge in [-0.3, -0.25) is 14.4 Å². The fraction of sp³-hybridized carbons (Fsp3) is 0.387. The molecule has 1 N–H and O–H groups in total. The van der Waals surface area contributed by atoms with E-state index in [0.717, 1.165) is 28.4 Å². The molecular weight excluding hydrogens is 564 g/mol. The first kappa shape index (κ1) is 31.2. The van der Waals surface area contributed by atoms with Gasteiger partial charge in [-0.1, -0.05) is 36.4 Å². The molecule has 2 aromatic rings. The second-order valence-electron chi connectivity index (χ2n) is 10.1. The molecule has 0 aromatic heterocycles. The highest BCUT2D eigenvalue weighted by Gasteiger charge is 2.72. The van der Waals surface area contributed by atoms with Gasteiger partial charge in [-0.25, -0.2) is 9.59 Å². The molecule has 2 aromatic carbocycles. The topological polar surface area (TPSA) is 161 Å². The van der Waals surface area contributed by atoms with Crippen LogP contribution in [0.25, 0.3) is 0 Å². The molecule has 0 radical (unpaired) electrons. The summed E-state index contributed by atoms with van der Waals surface area (Å²) in [6.07, 6.45) is -0.146. The molecule has 2 bridgehead atoms. The molecule has 0 saturated heterocycles. The van der Waals surface area contributed by atoms with E-state index in [-0.39, 0.29) is 17.6 Å². The Labute approximate surface area is 247 Å². The summed E-state index contributed by atoms with van der Waals surface area (Å²) >= 11 is 0. The zero-order valence-electron chi connectivity index (χ0n) is 24.2. The van der Waals surface area contributed by atoms with Crippen molar-refractivity contribution in [3.05, 3.63) is 77.1 Å². The van der Waals surface area contributed by atoms with E-state index in [1.807, 2.05) is 0 Å². The predicted molar refractivity (Wildman–Crippen MR) is 146 cm³/mol. The summed E-state index contributed by atoms with van der Waals surface area (Å²) in [6.45, 7) is 0. The molecule has 0 spiro atoms. The van der Waals surface area contributed by atoms with Crippen LogP contribution in [0.15, 0.2) is 65.9 Å². The number of rotatable bonds is 8. The van der Waals surface area contributed by atoms with E-state index >= 15 is 0 Å². The maximum absolute atomic E-state index is 13.6. The minimum atomic E-state index is -2.69. The molecule has 4 rings (SSSR count). The molecule has 12 nitrogen and oxygen atoms in total. The lowest BCUT2D eigenvalue weighted by Crippen LogP contribution is -2.68. The maximum Gasteiger partial charge on any atom is 0.343 e. The van der Waals surface area contributed by atoms with Gasteiger partial charge in [-0.05, 0) is 30.2 Å². The van der Waals surface area contributed by atoms with Crippen LogP contribution in [0.2, 0.25) is 0 Å². The highest BCUT2D eigenvalue weighted by atomic mass is 16.6. The van der Waals surface area contributed by atoms with Crippen LogP contribution >= 0.6 is 0 Å². The van der Waals surface area contributed by atoms with E-state index in [2.05, 4.69) is 0 Å². The standard InChI is InChI=1S/C31H32O12/c1-38-20-14-10-9-13-17(20)18-15-19-21(27(33)39-2)25(43-26(32)16-11-7-6-8-12-16)24(30(36)42-5)31(37,22(18)28(34)40-3)23(19)29(35)41-4/h6-14,18-19,22-24,37H,15H2,1-5H3/t18?,19?,22-,23-,24?,31-/m1/s1. The molecule has 0 aliphatic heterocycles. The van der Waals surface area contributed by atoms with Crippen LogP contribution < -0.4 is 4.74 Å². The monoisotopic (exact) mass is 596 g/mol. The Morgan fingerprint density at radius 1 is 0.698 bits per heavy atom. The van der Waals surface area contributed by atoms with Crippen molar-refractivity contribution in [2.75, 3.05) is 35.5 Å². The number of benzene rings is 2. The van der Waals surface area contributed by atoms with Crippen molar-refractivity contribution in [3.8, 4) is 5.75 Å². The Morgan fingerprint density at radius 2 is 1.26 bits per heavy atom. The van der Waals surface area contributed by atoms with Crippen LogP contribution in [0.1, 0.15) is 28.3 Å². The molecule has 1 saturated carbocycles. The Balaban J connectivity index is 2.10. The summed E-state index contributed by atoms with van der Waals surface area (Å²) in [5.41, 5.74) is -2.55. The molecular formula is C31H32O12. The van der Waals surface area contributed by atoms with Gasteiger partial charge >= 0.3 is 29.8 Å². The largest absolute Gasteiger partial charge is 0.496 e. The number of esters is 5. The number of carbonyl (C=O) groups is 5. The van der Waals surface area contributed by atoms with Gasteiger partial charge in [0.1, 0.15) is 23.0 Å². The third-order valence-electron chi connectivity index (χ3n) is 8.17. The number of carbonyl (C=O) groups excluding carboxylic acids is 5. The van der Waals surface area contributed by atoms with Crippen molar-refractivity contribution < 1.29 is 57.5 Å². The fourth-order valence-corrected chi connectivity index (χ4v) is 6.44. The lowest BCUT2D eigenvalue weighted by molar-refractivity contribution is -0.208. The first-order valence-corrected chi connectivity index (χ1v) is 13.3. The highest BCUT2D eigenvalue weighted by Crippen LogP contribution is 2.61. The first-order chi connectivity index (χ1) is 20.6. The van der Waals surface area contributed by atoms with Crippen molar-refractivity contribution in [2.24, 2.45) is 23.7 Å². The van der Waals surface area contributed by atoms with Crippen molar-refractivity contribution in [2.45, 2.75) is 17.9 Å². The van der Waals surface area contributed by atoms with Crippen molar-refractivity contribution >= 4 is 29.8 Å². The summed E-state index contributed by atoms with van der Waals surface area (Å²) in [4.78, 5) is 67.6. The van der Waals surface area contributed by atoms with Gasteiger partial charge in [0.2, 0.25) is 0 Å². The quantitative estimate of drug-likeness (QED) is 0.350. The summed E-state index contributed by atoms with van der Waals surface area (Å²) in [5, 5.41) is 12.8. The zero-order valence-corrected chi connectivity index (χ0v) is 24.2. The number of methoxy groups -OCH3 is 5. The second kappa shape index (κ2) is 12.7. The highest BCUT2D eigenvalue weighted by molar-refractivity contribution is 5.98. The molecule has 12 heteroatoms. The average Bonchev–Trinajstić information content (AvgIpc) is 3.03. The Hall–Kier alpha value is -4.71. The van der Waals surface area contributed by atoms with Gasteiger partial charge in [-0.15, -0.1) is 0 Å². The molecule has 2 aliphatic rings. The van der Waals surface area contributed by atoms with Crippen LogP contribution in [-0.2, 0) is 42.9 Å². The SMILES string of the molecule is COC(=O)C1=C(OC(=O)c2ccccc2)C(C(=O)OC)[C@]2(O)[C@@H](C(=O)OC)C1CC(c1ccccc1OC)[C@@H]2C(=O)OC. The molecule has 0 amide bonds. The lowest BCUT2D eigenvalue weighted by atomic mass is 9.49. The van der Waals surface area contributed by atoms with Crippen LogP contribution in [0.4, 0.5) is 0 Å². The normalized spacial score (nSPS) is 26.0. The Morgan fingerprint density at radius 3 is 1.81 bits per heavy atom. The van der Waals surface area contributed by atoms with Crippen molar-refractivity contribution in [3.63, 3.8) is 0 Å². The molecule has 0 heterocycles. The molecule has 2 aliphatic carbocycles. The van der Waals surface area contributed by atoms with Gasteiger partial charge in [0.05, 0.1) is 58.5 Å². The summed E-state index contributed by atoms with van der Waals surface area (Å²) in [5.74, 6) is -13.1. The Kier molecular flexibility index (Phi) is 9.19. The third-order valence-corrected chi connectivity index (χ3v) is 8.17. The van der Waals surface area contributed by atoms with E-state index in [1.165, 1.54) is 19.2 Å². The van der Waals surface area contributed by atoms with E-state index in [1.54, 1.807) is 42.5 Å². The molecule has 43 heavy (non-hydrogen) atoms. The van der Waals surface area contributed by atoms with Crippen LogP contribution in [0, 0.1) is 23.7 Å². The minimum Gasteiger partial charge on any atom is -0.496 e. The van der Waals surface area contributed by atoms with Crippen molar-refractivity contribution in [1.82, 2.24) is 0 Å². The predicted octanol–water partition coefficient (Wildman–Crippen LogP) is 2.20. The average molecular weight is 597 g/mol. The maximum atomic E-state index is 13.6. The fourth-order valence-electron chi connectivity index (χ4n) is 6.44. The van der Waals surface area contributed by atoms with Crippen molar-refractivity contribution in [1.29, 1.82) is 0 Å². The molecule has 3 unspecified atom stereocenters. The minimum absolute atomic E-state index is 0.0616. The van der Waals surface area contributed by atoms with E-state index in [9.17, 15) is 29.1 Å². The lowest BCUT2D eigenvalue weighted by Gasteiger charge is -2.55. The van der Waals surface area contributed by atoms with E-state index < -0.39 is 70.8 Å². The number of fused-ring (bicyclic) bond motifs is 2. The number of hydrogen-bond donors (Lipinski definition) is 1. The number of para-hydroxylation sites is 1. The molecule has 6 atom stereocenters. The van der Waals surface area contributed by atoms with Gasteiger partial charge in [-0.2, -0.15) is 0 Å². The van der Waals surface area contributed by atoms with E-state index in [0.29, 0.717) is 11.3 Å². The van der Waals surface area contributed by atoms with Gasteiger partial charge in [0.25, 0.3) is 0 Å². The first-order valence-electron chi connectivity index (χ1n) is 13.3. The van der Waals surface area contributed by atoms with Gasteiger partial charge in [0, 0.05) is 11.8 Å². The summed E-state index contributed by atoms with van der Waals surface area (Å²) in [7, 11) is 5.65. The summed E-state index contributed by atoms with van der Waals surface area (Å²) in [6, 6.07) is 14.4. The molecule has 1 fully saturated rings. The third kappa shape index (κ3) is 5.22. The Bertz CT molecular complexity index is 1450. The van der Waals surface area contributed by atoms with Crippen LogP contribution in [0.3, 0.4) is 0 Å². The second-order valence-corrected chi connectivity index (χ2v) is 10.1. The zero-order chi connectivity index (χ0) is 31.5. The molecule has 228 valence electrons.